The average Bonchev–Trinajstić information content (AvgIpc) is 1.50. The summed E-state index contributed by atoms with van der Waals surface area (Å²) >= 11 is 5.69. The van der Waals surface area contributed by atoms with Crippen molar-refractivity contribution in [1.82, 2.24) is 51.1 Å². The van der Waals surface area contributed by atoms with Crippen molar-refractivity contribution < 1.29 is 97.3 Å². The van der Waals surface area contributed by atoms with Crippen LogP contribution in [0.25, 0.3) is 0 Å². The second kappa shape index (κ2) is 37.9. The van der Waals surface area contributed by atoms with Gasteiger partial charge in [-0.25, -0.2) is 4.79 Å². The maximum Gasteiger partial charge on any atom is 0.340 e. The Labute approximate surface area is 630 Å². The number of hydrogen-bond donors (Lipinski definition) is 12. The molecule has 8 atom stereocenters. The number of anilines is 1. The number of nitrogens with two attached hydrogens (primary N) is 1. The number of carboxylic acid groups (broad SMARTS) is 2. The molecule has 6 aliphatic rings. The molecule has 3 fully saturated rings. The van der Waals surface area contributed by atoms with E-state index in [0.29, 0.717) is 86.7 Å². The van der Waals surface area contributed by atoms with Crippen LogP contribution in [0.15, 0.2) is 66.7 Å². The first-order chi connectivity index (χ1) is 51.6. The van der Waals surface area contributed by atoms with E-state index in [0.717, 1.165) is 25.7 Å². The van der Waals surface area contributed by atoms with E-state index < -0.39 is 157 Å². The number of rotatable bonds is 17. The van der Waals surface area contributed by atoms with Gasteiger partial charge in [0.25, 0.3) is 0 Å². The quantitative estimate of drug-likeness (QED) is 0.0399. The fourth-order valence-electron chi connectivity index (χ4n) is 14.8. The number of ether oxygens (including phenoxy) is 2. The monoisotopic (exact) mass is 1520 g/mol. The van der Waals surface area contributed by atoms with Crippen molar-refractivity contribution in [2.45, 2.75) is 209 Å². The number of allylic oxidation sites excluding steroid dienone is 2. The summed E-state index contributed by atoms with van der Waals surface area (Å²) in [5.74, 6) is -10.1. The minimum Gasteiger partial charge on any atom is -0.508 e. The summed E-state index contributed by atoms with van der Waals surface area (Å²) in [7, 11) is 0. The first kappa shape index (κ1) is 81.6. The number of carboxylic acids is 2. The topological polar surface area (TPSA) is 456 Å². The standard InChI is InChI=1S/C75H98N12O20S/c1-44-69(101)86-37-18-21-57(86)72(104)87-38-17-20-56(87)71(103)84(43-61(92)80-53(66(76)98)29-31-63(94)95)35-15-11-9-7-5-3-4-6-8-10-14-34-83(42-60(91)81-54(30-32-64(96)97)70(102)85-36-16-19-55(85)67(99)82-65(45(2)88)68(100)78-44)62(93)22-12-13-33-77-74(108)79-46-23-26-49-52(39-46)75(107-73(49)105)50-27-24-47(89)40-58(50)106-59-41-48(90)25-28-51(59)75/h3-4,23-28,39-41,44-45,53-57,65,88-90H,5-22,29-38,42-43H2,1-2H3,(H2,76,98)(H,78,100)(H,80,92)(H,81,91)(H,82,99)(H,94,95)(H,96,97)(H2,77,79,108)/t44-,45+,53-,54-,55-,56-,57-,65-/m0/s1. The third-order valence-electron chi connectivity index (χ3n) is 20.4. The number of benzene rings is 3. The molecule has 0 radical (unpaired) electrons. The Morgan fingerprint density at radius 1 is 0.648 bits per heavy atom. The Morgan fingerprint density at radius 2 is 1.24 bits per heavy atom. The van der Waals surface area contributed by atoms with Crippen molar-refractivity contribution in [3.8, 4) is 23.0 Å². The van der Waals surface area contributed by atoms with Crippen LogP contribution in [-0.2, 0) is 67.9 Å². The van der Waals surface area contributed by atoms with E-state index >= 15 is 0 Å². The van der Waals surface area contributed by atoms with Gasteiger partial charge < -0.3 is 97.1 Å². The molecule has 108 heavy (non-hydrogen) atoms. The molecule has 1 spiro atoms. The van der Waals surface area contributed by atoms with Gasteiger partial charge in [0.1, 0.15) is 65.3 Å². The molecule has 0 bridgehead atoms. The van der Waals surface area contributed by atoms with E-state index in [1.807, 2.05) is 0 Å². The minimum absolute atomic E-state index is 0.00327. The number of aliphatic hydroxyl groups excluding tert-OH is 1. The van der Waals surface area contributed by atoms with Crippen molar-refractivity contribution in [2.24, 2.45) is 5.73 Å². The molecule has 13 N–H and O–H groups in total. The molecule has 6 heterocycles. The first-order valence-electron chi connectivity index (χ1n) is 37.2. The fourth-order valence-corrected chi connectivity index (χ4v) is 15.0. The van der Waals surface area contributed by atoms with E-state index in [9.17, 15) is 87.9 Å². The number of esters is 1. The Kier molecular flexibility index (Phi) is 28.6. The summed E-state index contributed by atoms with van der Waals surface area (Å²) in [5.41, 5.74) is 6.09. The number of aliphatic carboxylic acids is 2. The third-order valence-corrected chi connectivity index (χ3v) is 20.6. The molecule has 10 amide bonds. The third kappa shape index (κ3) is 20.6. The molecular formula is C75H98N12O20S. The molecule has 584 valence electrons. The van der Waals surface area contributed by atoms with Gasteiger partial charge in [-0.2, -0.15) is 0 Å². The van der Waals surface area contributed by atoms with Gasteiger partial charge in [0.2, 0.25) is 59.1 Å². The summed E-state index contributed by atoms with van der Waals surface area (Å²) in [4.78, 5) is 184. The van der Waals surface area contributed by atoms with Crippen LogP contribution in [0.2, 0.25) is 0 Å². The highest BCUT2D eigenvalue weighted by molar-refractivity contribution is 7.80. The second-order valence-corrected chi connectivity index (χ2v) is 28.7. The Hall–Kier alpha value is -10.4. The summed E-state index contributed by atoms with van der Waals surface area (Å²) in [6.45, 7) is 2.36. The summed E-state index contributed by atoms with van der Waals surface area (Å²) < 4.78 is 12.3. The van der Waals surface area contributed by atoms with Crippen LogP contribution in [-0.4, -0.2) is 233 Å². The first-order valence-corrected chi connectivity index (χ1v) is 37.6. The zero-order chi connectivity index (χ0) is 77.9. The zero-order valence-electron chi connectivity index (χ0n) is 60.8. The van der Waals surface area contributed by atoms with E-state index in [4.69, 9.17) is 27.4 Å². The van der Waals surface area contributed by atoms with Crippen LogP contribution in [0.4, 0.5) is 5.69 Å². The molecule has 3 aromatic carbocycles. The molecular weight excluding hydrogens is 1420 g/mol. The maximum absolute atomic E-state index is 14.6. The number of aromatic hydroxyl groups is 2. The highest BCUT2D eigenvalue weighted by atomic mass is 32.1. The number of amides is 10. The lowest BCUT2D eigenvalue weighted by Gasteiger charge is -2.36. The van der Waals surface area contributed by atoms with Gasteiger partial charge in [-0.3, -0.25) is 57.5 Å². The molecule has 33 heteroatoms. The smallest absolute Gasteiger partial charge is 0.340 e. The number of thiocarbonyl (C=S) groups is 1. The number of phenolic OH excluding ortho intramolecular Hbond substituents is 2. The zero-order valence-corrected chi connectivity index (χ0v) is 61.6. The van der Waals surface area contributed by atoms with Gasteiger partial charge in [0.15, 0.2) is 10.7 Å². The van der Waals surface area contributed by atoms with Crippen LogP contribution in [0.5, 0.6) is 23.0 Å². The van der Waals surface area contributed by atoms with Crippen LogP contribution in [0.1, 0.15) is 182 Å². The lowest BCUT2D eigenvalue weighted by Crippen LogP contribution is -2.61. The number of unbranched alkanes of at least 4 members (excludes halogenated alkanes) is 1. The summed E-state index contributed by atoms with van der Waals surface area (Å²) in [6, 6.07) is 4.69. The van der Waals surface area contributed by atoms with Crippen molar-refractivity contribution in [3.63, 3.8) is 0 Å². The number of hydrogen-bond acceptors (Lipinski definition) is 19. The van der Waals surface area contributed by atoms with Crippen molar-refractivity contribution in [3.05, 3.63) is 89.0 Å². The van der Waals surface area contributed by atoms with Gasteiger partial charge in [-0.1, -0.05) is 31.4 Å². The molecule has 0 aliphatic carbocycles. The normalized spacial score (nSPS) is 22.8. The predicted octanol–water partition coefficient (Wildman–Crippen LogP) is 3.39. The molecule has 3 saturated heterocycles. The minimum atomic E-state index is -1.69. The molecule has 9 rings (SSSR count). The molecule has 0 saturated carbocycles. The van der Waals surface area contributed by atoms with Gasteiger partial charge in [0.05, 0.1) is 24.8 Å². The van der Waals surface area contributed by atoms with Gasteiger partial charge in [0, 0.05) is 93.0 Å². The number of carbonyl (C=O) groups excluding carboxylic acids is 11. The molecule has 32 nitrogen and oxygen atoms in total. The number of aliphatic hydroxyl groups is 1. The molecule has 0 unspecified atom stereocenters. The second-order valence-electron chi connectivity index (χ2n) is 28.3. The van der Waals surface area contributed by atoms with E-state index in [2.05, 4.69) is 44.1 Å². The fraction of sp³-hybridized carbons (Fsp3) is 0.547. The summed E-state index contributed by atoms with van der Waals surface area (Å²) in [6.07, 6.45) is 9.18. The van der Waals surface area contributed by atoms with Crippen LogP contribution < -0.4 is 42.4 Å². The molecule has 3 aromatic rings. The largest absolute Gasteiger partial charge is 0.508 e. The molecule has 6 aliphatic heterocycles. The average molecular weight is 1520 g/mol. The van der Waals surface area contributed by atoms with Crippen molar-refractivity contribution >= 4 is 100.0 Å². The van der Waals surface area contributed by atoms with E-state index in [1.54, 1.807) is 30.3 Å². The SMILES string of the molecule is C[C@@H]1NC(=O)[C@H]([C@@H](C)O)NC(=O)[C@@H]2CCCN2C(=O)[C@H](CCC(=O)O)NC(=O)CN(C(=O)CCCCNC(=S)Nc2ccc3c(c2)C2(OC3=O)c3ccc(O)cc3Oc3cc(O)ccc32)CCCCCC=CCCCCCCN(CC(=O)N[C@@H](CCC(=O)O)C(N)=O)C(=O)[C@@H]2CCCN2C(=O)[C@@H]2CCCN2C1=O. The Morgan fingerprint density at radius 3 is 1.87 bits per heavy atom. The predicted molar refractivity (Wildman–Crippen MR) is 392 cm³/mol. The summed E-state index contributed by atoms with van der Waals surface area (Å²) in [5, 5.41) is 67.5. The highest BCUT2D eigenvalue weighted by Gasteiger charge is 2.54. The maximum atomic E-state index is 14.6. The van der Waals surface area contributed by atoms with Crippen LogP contribution >= 0.6 is 12.2 Å². The lowest BCUT2D eigenvalue weighted by molar-refractivity contribution is -0.150. The number of primary amides is 1. The number of carbonyl (C=O) groups is 13. The number of nitrogens with one attached hydrogen (secondary N) is 6. The number of phenols is 2. The van der Waals surface area contributed by atoms with Crippen LogP contribution in [0.3, 0.4) is 0 Å². The van der Waals surface area contributed by atoms with Gasteiger partial charge >= 0.3 is 17.9 Å². The molecule has 0 aromatic heterocycles. The van der Waals surface area contributed by atoms with Crippen LogP contribution in [0, 0.1) is 0 Å². The van der Waals surface area contributed by atoms with Gasteiger partial charge in [-0.05, 0) is 171 Å². The van der Waals surface area contributed by atoms with E-state index in [1.165, 1.54) is 62.6 Å². The van der Waals surface area contributed by atoms with E-state index in [-0.39, 0.29) is 111 Å². The number of fused-ring (bicyclic) bond motifs is 9. The Bertz CT molecular complexity index is 3880. The Balaban J connectivity index is 0.866. The number of nitrogens with zero attached hydrogens (tertiary/aromatic N) is 5. The van der Waals surface area contributed by atoms with Gasteiger partial charge in [-0.15, -0.1) is 0 Å². The van der Waals surface area contributed by atoms with Crippen molar-refractivity contribution in [1.29, 1.82) is 0 Å². The highest BCUT2D eigenvalue weighted by Crippen LogP contribution is 2.57. The van der Waals surface area contributed by atoms with Crippen molar-refractivity contribution in [2.75, 3.05) is 57.7 Å². The lowest BCUT2D eigenvalue weighted by atomic mass is 9.77.